The number of halogens is 1. The van der Waals surface area contributed by atoms with Gasteiger partial charge in [-0.15, -0.1) is 10.2 Å². The maximum atomic E-state index is 14.8. The van der Waals surface area contributed by atoms with Crippen LogP contribution in [0.25, 0.3) is 22.6 Å². The number of carboxylic acids is 1. The molecular weight excluding hydrogens is 399 g/mol. The Balaban J connectivity index is 2.19. The van der Waals surface area contributed by atoms with Crippen LogP contribution in [-0.2, 0) is 16.6 Å². The fourth-order valence-corrected chi connectivity index (χ4v) is 3.17. The van der Waals surface area contributed by atoms with Crippen LogP contribution in [0.2, 0.25) is 0 Å². The van der Waals surface area contributed by atoms with Crippen LogP contribution in [0.1, 0.15) is 46.1 Å². The van der Waals surface area contributed by atoms with Gasteiger partial charge in [0.05, 0.1) is 12.5 Å². The Morgan fingerprint density at radius 2 is 1.74 bits per heavy atom. The van der Waals surface area contributed by atoms with E-state index in [9.17, 15) is 14.3 Å². The topological polar surface area (TPSA) is 85.5 Å². The van der Waals surface area contributed by atoms with Crippen LogP contribution in [0.15, 0.2) is 40.8 Å². The Kier molecular flexibility index (Phi) is 5.89. The number of aromatic nitrogens is 2. The summed E-state index contributed by atoms with van der Waals surface area (Å²) in [6, 6.07) is 9.83. The van der Waals surface area contributed by atoms with Crippen molar-refractivity contribution >= 4 is 5.97 Å². The van der Waals surface area contributed by atoms with Crippen LogP contribution in [0, 0.1) is 11.2 Å². The fraction of sp³-hybridized carbons (Fsp3) is 0.375. The highest BCUT2D eigenvalue weighted by Crippen LogP contribution is 2.37. The minimum Gasteiger partial charge on any atom is -0.497 e. The standard InChI is InChI=1S/C24H27FN2O4/c1-23(2,3)21-27-26-20(31-21)18-11-14(13-24(4,5)22(28)29)7-9-16(18)17-12-15(30-6)8-10-19(17)25/h7-12H,13H2,1-6H3,(H,28,29). The van der Waals surface area contributed by atoms with E-state index in [1.807, 2.05) is 20.8 Å². The van der Waals surface area contributed by atoms with E-state index in [1.54, 1.807) is 44.2 Å². The molecular formula is C24H27FN2O4. The molecule has 0 aliphatic heterocycles. The Morgan fingerprint density at radius 3 is 2.32 bits per heavy atom. The van der Waals surface area contributed by atoms with Crippen molar-refractivity contribution in [3.8, 4) is 28.3 Å². The maximum absolute atomic E-state index is 14.8. The van der Waals surface area contributed by atoms with Crippen molar-refractivity contribution in [3.05, 3.63) is 53.7 Å². The first-order valence-electron chi connectivity index (χ1n) is 9.97. The first-order valence-corrected chi connectivity index (χ1v) is 9.97. The van der Waals surface area contributed by atoms with Gasteiger partial charge in [-0.1, -0.05) is 32.9 Å². The molecule has 0 atom stereocenters. The number of aliphatic carboxylic acids is 1. The molecule has 0 fully saturated rings. The van der Waals surface area contributed by atoms with Crippen LogP contribution in [0.5, 0.6) is 5.75 Å². The highest BCUT2D eigenvalue weighted by Gasteiger charge is 2.29. The van der Waals surface area contributed by atoms with Gasteiger partial charge >= 0.3 is 5.97 Å². The molecule has 3 aromatic rings. The molecule has 0 unspecified atom stereocenters. The molecule has 7 heteroatoms. The zero-order chi connectivity index (χ0) is 23.0. The van der Waals surface area contributed by atoms with Crippen LogP contribution < -0.4 is 4.74 Å². The van der Waals surface area contributed by atoms with E-state index < -0.39 is 17.2 Å². The van der Waals surface area contributed by atoms with Crippen molar-refractivity contribution in [1.29, 1.82) is 0 Å². The number of rotatable bonds is 6. The highest BCUT2D eigenvalue weighted by atomic mass is 19.1. The number of carboxylic acid groups (broad SMARTS) is 1. The van der Waals surface area contributed by atoms with E-state index in [-0.39, 0.29) is 17.7 Å². The summed E-state index contributed by atoms with van der Waals surface area (Å²) in [7, 11) is 1.52. The number of benzene rings is 2. The van der Waals surface area contributed by atoms with Crippen LogP contribution in [-0.4, -0.2) is 28.4 Å². The smallest absolute Gasteiger partial charge is 0.309 e. The molecule has 6 nitrogen and oxygen atoms in total. The average Bonchev–Trinajstić information content (AvgIpc) is 3.19. The van der Waals surface area contributed by atoms with E-state index in [2.05, 4.69) is 10.2 Å². The number of hydrogen-bond donors (Lipinski definition) is 1. The van der Waals surface area contributed by atoms with Gasteiger partial charge in [0.15, 0.2) is 0 Å². The average molecular weight is 426 g/mol. The van der Waals surface area contributed by atoms with E-state index >= 15 is 0 Å². The van der Waals surface area contributed by atoms with Crippen molar-refractivity contribution in [2.75, 3.05) is 7.11 Å². The Labute approximate surface area is 181 Å². The van der Waals surface area contributed by atoms with Crippen molar-refractivity contribution in [3.63, 3.8) is 0 Å². The maximum Gasteiger partial charge on any atom is 0.309 e. The summed E-state index contributed by atoms with van der Waals surface area (Å²) < 4.78 is 26.0. The summed E-state index contributed by atoms with van der Waals surface area (Å²) in [4.78, 5) is 11.6. The summed E-state index contributed by atoms with van der Waals surface area (Å²) >= 11 is 0. The van der Waals surface area contributed by atoms with Crippen molar-refractivity contribution < 1.29 is 23.4 Å². The summed E-state index contributed by atoms with van der Waals surface area (Å²) in [6.07, 6.45) is 0.288. The highest BCUT2D eigenvalue weighted by molar-refractivity contribution is 5.82. The SMILES string of the molecule is COc1ccc(F)c(-c2ccc(CC(C)(C)C(=O)O)cc2-c2nnc(C(C)(C)C)o2)c1. The number of nitrogens with zero attached hydrogens (tertiary/aromatic N) is 2. The third-order valence-electron chi connectivity index (χ3n) is 5.07. The predicted octanol–water partition coefficient (Wildman–Crippen LogP) is 5.50. The molecule has 0 saturated heterocycles. The third kappa shape index (κ3) is 4.76. The zero-order valence-corrected chi connectivity index (χ0v) is 18.6. The van der Waals surface area contributed by atoms with Gasteiger partial charge in [-0.2, -0.15) is 0 Å². The van der Waals surface area contributed by atoms with Gasteiger partial charge in [0.1, 0.15) is 11.6 Å². The lowest BCUT2D eigenvalue weighted by Crippen LogP contribution is -2.26. The monoisotopic (exact) mass is 426 g/mol. The van der Waals surface area contributed by atoms with Crippen LogP contribution >= 0.6 is 0 Å². The minimum absolute atomic E-state index is 0.247. The first-order chi connectivity index (χ1) is 14.4. The summed E-state index contributed by atoms with van der Waals surface area (Å²) in [5, 5.41) is 17.9. The van der Waals surface area contributed by atoms with Crippen LogP contribution in [0.4, 0.5) is 4.39 Å². The Hall–Kier alpha value is -3.22. The lowest BCUT2D eigenvalue weighted by Gasteiger charge is -2.20. The van der Waals surface area contributed by atoms with E-state index in [0.717, 1.165) is 5.56 Å². The third-order valence-corrected chi connectivity index (χ3v) is 5.07. The molecule has 0 radical (unpaired) electrons. The van der Waals surface area contributed by atoms with Crippen molar-refractivity contribution in [2.45, 2.75) is 46.5 Å². The molecule has 0 spiro atoms. The van der Waals surface area contributed by atoms with Gasteiger partial charge < -0.3 is 14.3 Å². The molecule has 31 heavy (non-hydrogen) atoms. The van der Waals surface area contributed by atoms with Gasteiger partial charge in [-0.3, -0.25) is 4.79 Å². The van der Waals surface area contributed by atoms with Gasteiger partial charge in [-0.25, -0.2) is 4.39 Å². The van der Waals surface area contributed by atoms with E-state index in [0.29, 0.717) is 28.3 Å². The lowest BCUT2D eigenvalue weighted by molar-refractivity contribution is -0.146. The molecule has 164 valence electrons. The zero-order valence-electron chi connectivity index (χ0n) is 18.6. The molecule has 0 amide bonds. The van der Waals surface area contributed by atoms with Gasteiger partial charge in [0, 0.05) is 16.5 Å². The largest absolute Gasteiger partial charge is 0.497 e. The lowest BCUT2D eigenvalue weighted by atomic mass is 9.84. The normalized spacial score (nSPS) is 12.1. The summed E-state index contributed by atoms with van der Waals surface area (Å²) in [5.74, 6) is -0.103. The molecule has 1 heterocycles. The molecule has 2 aromatic carbocycles. The Morgan fingerprint density at radius 1 is 1.03 bits per heavy atom. The van der Waals surface area contributed by atoms with Gasteiger partial charge in [-0.05, 0) is 55.7 Å². The molecule has 1 N–H and O–H groups in total. The minimum atomic E-state index is -0.967. The van der Waals surface area contributed by atoms with Crippen molar-refractivity contribution in [2.24, 2.45) is 5.41 Å². The van der Waals surface area contributed by atoms with Crippen molar-refractivity contribution in [1.82, 2.24) is 10.2 Å². The first kappa shape index (κ1) is 22.5. The molecule has 1 aromatic heterocycles. The summed E-state index contributed by atoms with van der Waals surface area (Å²) in [5.41, 5.74) is 0.867. The molecule has 0 bridgehead atoms. The number of ether oxygens (including phenoxy) is 1. The summed E-state index contributed by atoms with van der Waals surface area (Å²) in [6.45, 7) is 9.19. The number of hydrogen-bond acceptors (Lipinski definition) is 5. The van der Waals surface area contributed by atoms with Gasteiger partial charge in [0.25, 0.3) is 0 Å². The van der Waals surface area contributed by atoms with E-state index in [4.69, 9.17) is 9.15 Å². The second kappa shape index (κ2) is 8.13. The fourth-order valence-electron chi connectivity index (χ4n) is 3.17. The Bertz CT molecular complexity index is 1110. The number of methoxy groups -OCH3 is 1. The quantitative estimate of drug-likeness (QED) is 0.560. The molecule has 0 aliphatic rings. The van der Waals surface area contributed by atoms with Gasteiger partial charge in [0.2, 0.25) is 11.8 Å². The second-order valence-corrected chi connectivity index (χ2v) is 9.25. The van der Waals surface area contributed by atoms with E-state index in [1.165, 1.54) is 13.2 Å². The molecule has 0 aliphatic carbocycles. The molecule has 0 saturated carbocycles. The molecule has 3 rings (SSSR count). The number of carbonyl (C=O) groups is 1. The van der Waals surface area contributed by atoms with Crippen LogP contribution in [0.3, 0.4) is 0 Å². The predicted molar refractivity (Wildman–Crippen MR) is 116 cm³/mol. The second-order valence-electron chi connectivity index (χ2n) is 9.25.